The third-order valence-electron chi connectivity index (χ3n) is 2.11. The predicted molar refractivity (Wildman–Crippen MR) is 104 cm³/mol. The summed E-state index contributed by atoms with van der Waals surface area (Å²) in [6.45, 7) is 3.09. The molecule has 0 saturated heterocycles. The highest BCUT2D eigenvalue weighted by molar-refractivity contribution is 8.14. The zero-order valence-electron chi connectivity index (χ0n) is 14.4. The highest BCUT2D eigenvalue weighted by Gasteiger charge is 2.31. The maximum absolute atomic E-state index is 8.63. The Hall–Kier alpha value is 0.120. The van der Waals surface area contributed by atoms with E-state index in [-0.39, 0.29) is 0 Å². The van der Waals surface area contributed by atoms with E-state index in [1.807, 2.05) is 33.8 Å². The van der Waals surface area contributed by atoms with Gasteiger partial charge in [-0.15, -0.1) is 0 Å². The number of hydrogen-bond acceptors (Lipinski definition) is 8. The van der Waals surface area contributed by atoms with Crippen molar-refractivity contribution in [3.05, 3.63) is 30.3 Å². The van der Waals surface area contributed by atoms with E-state index in [1.54, 1.807) is 24.3 Å². The molecule has 0 saturated carbocycles. The molecule has 0 fully saturated rings. The molecule has 0 bridgehead atoms. The number of aromatic hydroxyl groups is 1. The fourth-order valence-corrected chi connectivity index (χ4v) is 7.72. The Morgan fingerprint density at radius 3 is 1.29 bits per heavy atom. The first-order valence-electron chi connectivity index (χ1n) is 7.58. The molecule has 1 aromatic rings. The molecule has 6 nitrogen and oxygen atoms in total. The molecule has 24 heavy (non-hydrogen) atoms. The van der Waals surface area contributed by atoms with Gasteiger partial charge in [0, 0.05) is 0 Å². The van der Waals surface area contributed by atoms with E-state index in [4.69, 9.17) is 51.1 Å². The zero-order valence-corrected chi connectivity index (χ0v) is 17.8. The average molecular weight is 416 g/mol. The van der Waals surface area contributed by atoms with Crippen LogP contribution >= 0.6 is 13.4 Å². The van der Waals surface area contributed by atoms with Gasteiger partial charge in [-0.3, -0.25) is 0 Å². The van der Waals surface area contributed by atoms with E-state index in [0.29, 0.717) is 32.2 Å². The second-order valence-electron chi connectivity index (χ2n) is 3.98. The highest BCUT2D eigenvalue weighted by Crippen LogP contribution is 2.66. The van der Waals surface area contributed by atoms with Crippen molar-refractivity contribution in [2.75, 3.05) is 26.4 Å². The molecule has 0 aliphatic carbocycles. The molecule has 0 aliphatic rings. The molecule has 0 atom stereocenters. The first-order valence-corrected chi connectivity index (χ1v) is 12.7. The molecular formula is C14H26O6P2S2. The van der Waals surface area contributed by atoms with Crippen LogP contribution in [0.25, 0.3) is 0 Å². The second kappa shape index (κ2) is 13.3. The van der Waals surface area contributed by atoms with Gasteiger partial charge in [0.25, 0.3) is 0 Å². The molecule has 0 radical (unpaired) electrons. The van der Waals surface area contributed by atoms with Crippen LogP contribution in [-0.2, 0) is 46.0 Å². The first kappa shape index (κ1) is 24.1. The van der Waals surface area contributed by atoms with E-state index in [9.17, 15) is 0 Å². The minimum atomic E-state index is -2.87. The predicted octanol–water partition coefficient (Wildman–Crippen LogP) is 4.99. The molecular weight excluding hydrogens is 390 g/mol. The fraction of sp³-hybridized carbons (Fsp3) is 0.571. The summed E-state index contributed by atoms with van der Waals surface area (Å²) >= 11 is 10.4. The summed E-state index contributed by atoms with van der Waals surface area (Å²) < 4.78 is 26.9. The van der Waals surface area contributed by atoms with Gasteiger partial charge in [0.05, 0.1) is 26.4 Å². The molecule has 0 aliphatic heterocycles. The van der Waals surface area contributed by atoms with Crippen LogP contribution in [0.15, 0.2) is 30.3 Å². The van der Waals surface area contributed by atoms with Crippen LogP contribution in [0.5, 0.6) is 5.75 Å². The van der Waals surface area contributed by atoms with Gasteiger partial charge in [0.1, 0.15) is 5.75 Å². The summed E-state index contributed by atoms with van der Waals surface area (Å²) in [6, 6.07) is 8.71. The maximum atomic E-state index is 8.63. The van der Waals surface area contributed by atoms with Crippen molar-refractivity contribution in [2.24, 2.45) is 0 Å². The number of benzene rings is 1. The Kier molecular flexibility index (Phi) is 13.4. The molecule has 0 aromatic heterocycles. The molecule has 0 amide bonds. The largest absolute Gasteiger partial charge is 0.508 e. The lowest BCUT2D eigenvalue weighted by atomic mass is 10.3. The Labute approximate surface area is 154 Å². The molecule has 0 spiro atoms. The van der Waals surface area contributed by atoms with Gasteiger partial charge >= 0.3 is 13.4 Å². The van der Waals surface area contributed by atoms with Crippen LogP contribution < -0.4 is 0 Å². The Morgan fingerprint density at radius 1 is 0.750 bits per heavy atom. The van der Waals surface area contributed by atoms with Crippen molar-refractivity contribution in [3.63, 3.8) is 0 Å². The van der Waals surface area contributed by atoms with Gasteiger partial charge in [0.15, 0.2) is 0 Å². The third kappa shape index (κ3) is 10.9. The summed E-state index contributed by atoms with van der Waals surface area (Å²) in [4.78, 5) is 0. The number of phenols is 1. The number of rotatable bonds is 10. The number of para-hydroxylation sites is 1. The van der Waals surface area contributed by atoms with Crippen LogP contribution in [0, 0.1) is 0 Å². The minimum Gasteiger partial charge on any atom is -0.508 e. The van der Waals surface area contributed by atoms with Crippen LogP contribution in [-0.4, -0.2) is 31.5 Å². The van der Waals surface area contributed by atoms with Gasteiger partial charge in [-0.1, -0.05) is 18.2 Å². The quantitative estimate of drug-likeness (QED) is 0.535. The van der Waals surface area contributed by atoms with Crippen molar-refractivity contribution in [1.82, 2.24) is 0 Å². The lowest BCUT2D eigenvalue weighted by Gasteiger charge is -2.27. The van der Waals surface area contributed by atoms with E-state index in [2.05, 4.69) is 0 Å². The maximum Gasteiger partial charge on any atom is 0.334 e. The molecule has 1 N–H and O–H groups in total. The summed E-state index contributed by atoms with van der Waals surface area (Å²) in [5.41, 5.74) is 0. The Morgan fingerprint density at radius 2 is 1.08 bits per heavy atom. The summed E-state index contributed by atoms with van der Waals surface area (Å²) in [5.74, 6) is 0.322. The van der Waals surface area contributed by atoms with Crippen LogP contribution in [0.2, 0.25) is 0 Å². The minimum absolute atomic E-state index is 0.322. The van der Waals surface area contributed by atoms with Gasteiger partial charge in [-0.25, -0.2) is 4.31 Å². The van der Waals surface area contributed by atoms with Gasteiger partial charge in [0.2, 0.25) is 0 Å². The summed E-state index contributed by atoms with van der Waals surface area (Å²) in [5, 5.41) is 8.63. The van der Waals surface area contributed by atoms with Gasteiger partial charge < -0.3 is 23.2 Å². The summed E-state index contributed by atoms with van der Waals surface area (Å²) in [6.07, 6.45) is 0. The van der Waals surface area contributed by atoms with Gasteiger partial charge in [-0.2, -0.15) is 0 Å². The molecule has 1 rings (SSSR count). The molecule has 0 heterocycles. The van der Waals surface area contributed by atoms with E-state index in [1.165, 1.54) is 0 Å². The summed E-state index contributed by atoms with van der Waals surface area (Å²) in [7, 11) is 0. The van der Waals surface area contributed by atoms with E-state index < -0.39 is 13.4 Å². The SMILES string of the molecule is CCOP(=S)(OCC)OP(=S)(OCC)OCC.Oc1ccccc1. The Balaban J connectivity index is 0.000000620. The molecule has 1 aromatic carbocycles. The van der Waals surface area contributed by atoms with Crippen molar-refractivity contribution in [1.29, 1.82) is 0 Å². The lowest BCUT2D eigenvalue weighted by molar-refractivity contribution is 0.176. The smallest absolute Gasteiger partial charge is 0.334 e. The highest BCUT2D eigenvalue weighted by atomic mass is 32.5. The van der Waals surface area contributed by atoms with Crippen molar-refractivity contribution in [3.8, 4) is 5.75 Å². The van der Waals surface area contributed by atoms with Crippen LogP contribution in [0.4, 0.5) is 0 Å². The lowest BCUT2D eigenvalue weighted by Crippen LogP contribution is -2.03. The second-order valence-corrected chi connectivity index (χ2v) is 10.1. The molecule has 10 heteroatoms. The topological polar surface area (TPSA) is 66.4 Å². The average Bonchev–Trinajstić information content (AvgIpc) is 2.49. The van der Waals surface area contributed by atoms with Crippen molar-refractivity contribution < 1.29 is 27.5 Å². The fourth-order valence-electron chi connectivity index (χ4n) is 1.35. The van der Waals surface area contributed by atoms with Crippen LogP contribution in [0.3, 0.4) is 0 Å². The zero-order chi connectivity index (χ0) is 18.5. The van der Waals surface area contributed by atoms with Crippen molar-refractivity contribution in [2.45, 2.75) is 27.7 Å². The first-order chi connectivity index (χ1) is 11.3. The molecule has 140 valence electrons. The van der Waals surface area contributed by atoms with Crippen molar-refractivity contribution >= 4 is 37.1 Å². The normalized spacial score (nSPS) is 11.7. The van der Waals surface area contributed by atoms with E-state index in [0.717, 1.165) is 0 Å². The monoisotopic (exact) mass is 416 g/mol. The number of hydrogen-bond donors (Lipinski definition) is 1. The number of phenolic OH excluding ortho intramolecular Hbond substituents is 1. The third-order valence-corrected chi connectivity index (χ3v) is 8.47. The standard InChI is InChI=1S/C8H20O5P2S2.C6H6O/c1-5-9-14(16,10-6-2)13-15(17,11-7-3)12-8-4;7-6-4-2-1-3-5-6/h5-8H2,1-4H3;1-5,7H. The van der Waals surface area contributed by atoms with Gasteiger partial charge in [-0.05, 0) is 63.4 Å². The molecule has 0 unspecified atom stereocenters. The Bertz CT molecular complexity index is 481. The van der Waals surface area contributed by atoms with E-state index >= 15 is 0 Å². The van der Waals surface area contributed by atoms with Crippen LogP contribution in [0.1, 0.15) is 27.7 Å².